The van der Waals surface area contributed by atoms with Gasteiger partial charge in [-0.3, -0.25) is 4.90 Å². The van der Waals surface area contributed by atoms with Gasteiger partial charge in [0.2, 0.25) is 0 Å². The molecule has 94 valence electrons. The van der Waals surface area contributed by atoms with Crippen molar-refractivity contribution in [2.45, 2.75) is 64.5 Å². The highest BCUT2D eigenvalue weighted by atomic mass is 15.2. The smallest absolute Gasteiger partial charge is 0.0223 e. The Kier molecular flexibility index (Phi) is 4.66. The van der Waals surface area contributed by atoms with Gasteiger partial charge >= 0.3 is 0 Å². The van der Waals surface area contributed by atoms with E-state index in [2.05, 4.69) is 24.1 Å². The van der Waals surface area contributed by atoms with Gasteiger partial charge in [0.05, 0.1) is 0 Å². The maximum Gasteiger partial charge on any atom is 0.0223 e. The van der Waals surface area contributed by atoms with Gasteiger partial charge in [-0.25, -0.2) is 0 Å². The van der Waals surface area contributed by atoms with Crippen molar-refractivity contribution in [2.75, 3.05) is 19.6 Å². The second kappa shape index (κ2) is 6.02. The second-order valence-electron chi connectivity index (χ2n) is 5.90. The molecule has 2 nitrogen and oxygen atoms in total. The van der Waals surface area contributed by atoms with E-state index in [1.54, 1.807) is 0 Å². The average molecular weight is 224 g/mol. The van der Waals surface area contributed by atoms with E-state index in [1.165, 1.54) is 58.2 Å². The van der Waals surface area contributed by atoms with E-state index < -0.39 is 0 Å². The van der Waals surface area contributed by atoms with Crippen LogP contribution in [0, 0.1) is 5.92 Å². The molecule has 0 aromatic heterocycles. The number of hydrogen-bond donors (Lipinski definition) is 1. The average Bonchev–Trinajstić information content (AvgIpc) is 2.56. The van der Waals surface area contributed by atoms with Crippen LogP contribution in [0.25, 0.3) is 0 Å². The van der Waals surface area contributed by atoms with Crippen LogP contribution in [0.15, 0.2) is 0 Å². The van der Waals surface area contributed by atoms with E-state index in [1.807, 2.05) is 0 Å². The molecule has 1 aliphatic carbocycles. The molecule has 0 aromatic rings. The lowest BCUT2D eigenvalue weighted by atomic mass is 9.83. The van der Waals surface area contributed by atoms with Gasteiger partial charge in [-0.1, -0.05) is 19.3 Å². The van der Waals surface area contributed by atoms with Crippen molar-refractivity contribution in [2.24, 2.45) is 5.92 Å². The van der Waals surface area contributed by atoms with E-state index >= 15 is 0 Å². The third-order valence-corrected chi connectivity index (χ3v) is 4.41. The third-order valence-electron chi connectivity index (χ3n) is 4.41. The molecule has 1 aliphatic heterocycles. The molecule has 1 N–H and O–H groups in total. The first-order valence-corrected chi connectivity index (χ1v) is 7.25. The first-order valence-electron chi connectivity index (χ1n) is 7.25. The Morgan fingerprint density at radius 2 is 1.81 bits per heavy atom. The Hall–Kier alpha value is -0.0800. The lowest BCUT2D eigenvalue weighted by Gasteiger charge is -2.34. The Morgan fingerprint density at radius 3 is 2.50 bits per heavy atom. The van der Waals surface area contributed by atoms with Crippen molar-refractivity contribution in [1.29, 1.82) is 0 Å². The van der Waals surface area contributed by atoms with Crippen LogP contribution in [-0.4, -0.2) is 36.6 Å². The molecule has 0 amide bonds. The lowest BCUT2D eigenvalue weighted by molar-refractivity contribution is 0.178. The van der Waals surface area contributed by atoms with Crippen LogP contribution in [0.5, 0.6) is 0 Å². The zero-order chi connectivity index (χ0) is 11.4. The van der Waals surface area contributed by atoms with E-state index in [0.29, 0.717) is 6.04 Å². The highest BCUT2D eigenvalue weighted by molar-refractivity contribution is 4.85. The van der Waals surface area contributed by atoms with Crippen LogP contribution < -0.4 is 5.32 Å². The maximum atomic E-state index is 3.79. The highest BCUT2D eigenvalue weighted by Crippen LogP contribution is 2.27. The van der Waals surface area contributed by atoms with Crippen LogP contribution in [0.1, 0.15) is 52.4 Å². The minimum Gasteiger partial charge on any atom is -0.312 e. The number of rotatable bonds is 2. The molecule has 1 unspecified atom stereocenters. The zero-order valence-electron chi connectivity index (χ0n) is 11.0. The fourth-order valence-corrected chi connectivity index (χ4v) is 3.30. The number of nitrogens with one attached hydrogen (secondary N) is 1. The van der Waals surface area contributed by atoms with Gasteiger partial charge in [0.25, 0.3) is 0 Å². The summed E-state index contributed by atoms with van der Waals surface area (Å²) in [5.41, 5.74) is 0. The minimum atomic E-state index is 0.714. The summed E-state index contributed by atoms with van der Waals surface area (Å²) in [4.78, 5) is 2.67. The molecule has 0 radical (unpaired) electrons. The fourth-order valence-electron chi connectivity index (χ4n) is 3.30. The van der Waals surface area contributed by atoms with Crippen molar-refractivity contribution in [3.8, 4) is 0 Å². The largest absolute Gasteiger partial charge is 0.312 e. The number of hydrogen-bond acceptors (Lipinski definition) is 2. The van der Waals surface area contributed by atoms with Crippen LogP contribution in [-0.2, 0) is 0 Å². The Labute approximate surface area is 101 Å². The highest BCUT2D eigenvalue weighted by Gasteiger charge is 2.27. The molecule has 1 saturated carbocycles. The summed E-state index contributed by atoms with van der Waals surface area (Å²) >= 11 is 0. The topological polar surface area (TPSA) is 15.3 Å². The Balaban J connectivity index is 1.91. The maximum absolute atomic E-state index is 3.79. The summed E-state index contributed by atoms with van der Waals surface area (Å²) in [7, 11) is 0. The van der Waals surface area contributed by atoms with Crippen molar-refractivity contribution in [3.63, 3.8) is 0 Å². The van der Waals surface area contributed by atoms with E-state index in [4.69, 9.17) is 0 Å². The summed E-state index contributed by atoms with van der Waals surface area (Å²) in [5.74, 6) is 0.952. The van der Waals surface area contributed by atoms with Crippen LogP contribution in [0.3, 0.4) is 0 Å². The van der Waals surface area contributed by atoms with E-state index in [0.717, 1.165) is 12.0 Å². The quantitative estimate of drug-likeness (QED) is 0.776. The molecule has 2 aliphatic rings. The predicted octanol–water partition coefficient (Wildman–Crippen LogP) is 2.64. The molecule has 0 aromatic carbocycles. The lowest BCUT2D eigenvalue weighted by Crippen LogP contribution is -2.45. The van der Waals surface area contributed by atoms with Gasteiger partial charge in [0, 0.05) is 18.6 Å². The number of nitrogens with zero attached hydrogens (tertiary/aromatic N) is 1. The second-order valence-corrected chi connectivity index (χ2v) is 5.90. The summed E-state index contributed by atoms with van der Waals surface area (Å²) < 4.78 is 0. The van der Waals surface area contributed by atoms with E-state index in [-0.39, 0.29) is 0 Å². The zero-order valence-corrected chi connectivity index (χ0v) is 11.0. The van der Waals surface area contributed by atoms with Gasteiger partial charge in [0.15, 0.2) is 0 Å². The minimum absolute atomic E-state index is 0.714. The summed E-state index contributed by atoms with van der Waals surface area (Å²) in [6, 6.07) is 1.48. The first-order chi connectivity index (χ1) is 7.77. The molecule has 1 saturated heterocycles. The molecule has 16 heavy (non-hydrogen) atoms. The van der Waals surface area contributed by atoms with Crippen molar-refractivity contribution in [1.82, 2.24) is 10.2 Å². The molecule has 0 bridgehead atoms. The van der Waals surface area contributed by atoms with Crippen molar-refractivity contribution < 1.29 is 0 Å². The molecule has 0 spiro atoms. The van der Waals surface area contributed by atoms with Crippen LogP contribution in [0.4, 0.5) is 0 Å². The first kappa shape index (κ1) is 12.4. The standard InChI is InChI=1S/C14H28N2/c1-12(2)16-10-6-9-15-14(11-16)13-7-4-3-5-8-13/h12-15H,3-11H2,1-2H3. The fraction of sp³-hybridized carbons (Fsp3) is 1.00. The summed E-state index contributed by atoms with van der Waals surface area (Å²) in [6.45, 7) is 8.47. The predicted molar refractivity (Wildman–Crippen MR) is 69.7 cm³/mol. The molecule has 2 rings (SSSR count). The normalized spacial score (nSPS) is 30.6. The summed E-state index contributed by atoms with van der Waals surface area (Å²) in [5, 5.41) is 3.79. The molecule has 2 heteroatoms. The Bertz CT molecular complexity index is 197. The molecular weight excluding hydrogens is 196 g/mol. The molecule has 1 atom stereocenters. The Morgan fingerprint density at radius 1 is 1.06 bits per heavy atom. The van der Waals surface area contributed by atoms with Gasteiger partial charge in [-0.05, 0) is 52.1 Å². The van der Waals surface area contributed by atoms with Gasteiger partial charge in [0.1, 0.15) is 0 Å². The van der Waals surface area contributed by atoms with Gasteiger partial charge in [-0.15, -0.1) is 0 Å². The molecule has 2 fully saturated rings. The van der Waals surface area contributed by atoms with E-state index in [9.17, 15) is 0 Å². The van der Waals surface area contributed by atoms with Gasteiger partial charge < -0.3 is 5.32 Å². The third kappa shape index (κ3) is 3.21. The monoisotopic (exact) mass is 224 g/mol. The summed E-state index contributed by atoms with van der Waals surface area (Å²) in [6.07, 6.45) is 8.64. The van der Waals surface area contributed by atoms with Crippen molar-refractivity contribution >= 4 is 0 Å². The SMILES string of the molecule is CC(C)N1CCCNC(C2CCCCC2)C1. The van der Waals surface area contributed by atoms with Gasteiger partial charge in [-0.2, -0.15) is 0 Å². The van der Waals surface area contributed by atoms with Crippen LogP contribution >= 0.6 is 0 Å². The molecular formula is C14H28N2. The molecule has 1 heterocycles. The van der Waals surface area contributed by atoms with Crippen LogP contribution in [0.2, 0.25) is 0 Å². The van der Waals surface area contributed by atoms with Crippen molar-refractivity contribution in [3.05, 3.63) is 0 Å².